The lowest BCUT2D eigenvalue weighted by molar-refractivity contribution is -0.173. The standard InChI is InChI=1S/C8H13NO4/c1-4-6(5-7(10)11)8(12)13-9(2)3/h5H,4H2,1-3H3,(H,10,11)/b6-5+. The Morgan fingerprint density at radius 2 is 2.00 bits per heavy atom. The number of carbonyl (C=O) groups is 2. The van der Waals surface area contributed by atoms with E-state index >= 15 is 0 Å². The van der Waals surface area contributed by atoms with Crippen LogP contribution in [-0.4, -0.2) is 36.2 Å². The molecule has 0 heterocycles. The number of hydrogen-bond donors (Lipinski definition) is 1. The minimum absolute atomic E-state index is 0.140. The van der Waals surface area contributed by atoms with E-state index in [1.807, 2.05) is 0 Å². The van der Waals surface area contributed by atoms with Gasteiger partial charge in [0, 0.05) is 25.7 Å². The first-order chi connectivity index (χ1) is 5.97. The molecule has 0 aromatic rings. The van der Waals surface area contributed by atoms with Crippen LogP contribution >= 0.6 is 0 Å². The van der Waals surface area contributed by atoms with Crippen molar-refractivity contribution >= 4 is 11.9 Å². The van der Waals surface area contributed by atoms with Gasteiger partial charge in [0.15, 0.2) is 0 Å². The summed E-state index contributed by atoms with van der Waals surface area (Å²) in [5.41, 5.74) is 0.140. The quantitative estimate of drug-likeness (QED) is 0.510. The van der Waals surface area contributed by atoms with Crippen LogP contribution in [-0.2, 0) is 14.4 Å². The van der Waals surface area contributed by atoms with Crippen molar-refractivity contribution in [1.29, 1.82) is 0 Å². The maximum atomic E-state index is 11.1. The van der Waals surface area contributed by atoms with E-state index in [4.69, 9.17) is 5.11 Å². The van der Waals surface area contributed by atoms with Crippen molar-refractivity contribution in [1.82, 2.24) is 5.06 Å². The van der Waals surface area contributed by atoms with Gasteiger partial charge < -0.3 is 9.94 Å². The Labute approximate surface area is 76.5 Å². The average Bonchev–Trinajstić information content (AvgIpc) is 1.98. The first-order valence-corrected chi connectivity index (χ1v) is 3.80. The van der Waals surface area contributed by atoms with Crippen LogP contribution < -0.4 is 0 Å². The van der Waals surface area contributed by atoms with E-state index in [0.29, 0.717) is 6.42 Å². The first kappa shape index (κ1) is 11.6. The summed E-state index contributed by atoms with van der Waals surface area (Å²) >= 11 is 0. The summed E-state index contributed by atoms with van der Waals surface area (Å²) in [4.78, 5) is 26.1. The molecule has 0 aliphatic heterocycles. The highest BCUT2D eigenvalue weighted by Gasteiger charge is 2.11. The van der Waals surface area contributed by atoms with Crippen molar-refractivity contribution in [3.63, 3.8) is 0 Å². The molecule has 5 nitrogen and oxygen atoms in total. The maximum absolute atomic E-state index is 11.1. The minimum atomic E-state index is -1.15. The van der Waals surface area contributed by atoms with E-state index in [1.54, 1.807) is 21.0 Å². The van der Waals surface area contributed by atoms with E-state index < -0.39 is 11.9 Å². The number of carbonyl (C=O) groups excluding carboxylic acids is 1. The van der Waals surface area contributed by atoms with Crippen molar-refractivity contribution in [3.8, 4) is 0 Å². The molecule has 1 N–H and O–H groups in total. The summed E-state index contributed by atoms with van der Waals surface area (Å²) in [5, 5.41) is 9.62. The van der Waals surface area contributed by atoms with Gasteiger partial charge in [-0.25, -0.2) is 9.59 Å². The monoisotopic (exact) mass is 187 g/mol. The molecule has 0 saturated heterocycles. The molecule has 0 atom stereocenters. The van der Waals surface area contributed by atoms with Crippen LogP contribution in [0.3, 0.4) is 0 Å². The molecule has 0 aliphatic carbocycles. The van der Waals surface area contributed by atoms with Crippen molar-refractivity contribution in [2.24, 2.45) is 0 Å². The number of nitrogens with zero attached hydrogens (tertiary/aromatic N) is 1. The van der Waals surface area contributed by atoms with Crippen LogP contribution in [0.5, 0.6) is 0 Å². The van der Waals surface area contributed by atoms with E-state index in [-0.39, 0.29) is 5.57 Å². The highest BCUT2D eigenvalue weighted by molar-refractivity contribution is 5.95. The van der Waals surface area contributed by atoms with E-state index in [1.165, 1.54) is 5.06 Å². The number of aliphatic carboxylic acids is 1. The van der Waals surface area contributed by atoms with Crippen LogP contribution in [0.2, 0.25) is 0 Å². The Balaban J connectivity index is 4.41. The molecule has 0 aliphatic rings. The fourth-order valence-electron chi connectivity index (χ4n) is 0.679. The molecule has 5 heteroatoms. The Morgan fingerprint density at radius 1 is 1.46 bits per heavy atom. The third-order valence-corrected chi connectivity index (χ3v) is 1.21. The van der Waals surface area contributed by atoms with Crippen molar-refractivity contribution in [2.75, 3.05) is 14.1 Å². The summed E-state index contributed by atoms with van der Waals surface area (Å²) < 4.78 is 0. The van der Waals surface area contributed by atoms with Gasteiger partial charge in [-0.3, -0.25) is 0 Å². The Kier molecular flexibility index (Phi) is 4.76. The molecule has 0 spiro atoms. The molecule has 0 aromatic heterocycles. The zero-order valence-electron chi connectivity index (χ0n) is 7.90. The summed E-state index contributed by atoms with van der Waals surface area (Å²) in [7, 11) is 3.10. The van der Waals surface area contributed by atoms with Gasteiger partial charge in [0.2, 0.25) is 0 Å². The first-order valence-electron chi connectivity index (χ1n) is 3.80. The van der Waals surface area contributed by atoms with Gasteiger partial charge in [-0.2, -0.15) is 0 Å². The molecule has 0 bridgehead atoms. The van der Waals surface area contributed by atoms with Gasteiger partial charge >= 0.3 is 11.9 Å². The van der Waals surface area contributed by atoms with Gasteiger partial charge in [0.05, 0.1) is 0 Å². The zero-order valence-corrected chi connectivity index (χ0v) is 7.90. The Morgan fingerprint density at radius 3 is 2.31 bits per heavy atom. The lowest BCUT2D eigenvalue weighted by atomic mass is 10.2. The van der Waals surface area contributed by atoms with Crippen LogP contribution in [0.15, 0.2) is 11.6 Å². The summed E-state index contributed by atoms with van der Waals surface area (Å²) in [6, 6.07) is 0. The zero-order chi connectivity index (χ0) is 10.4. The lowest BCUT2D eigenvalue weighted by Crippen LogP contribution is -2.20. The van der Waals surface area contributed by atoms with Crippen molar-refractivity contribution in [3.05, 3.63) is 11.6 Å². The summed E-state index contributed by atoms with van der Waals surface area (Å²) in [5.74, 6) is -1.78. The third-order valence-electron chi connectivity index (χ3n) is 1.21. The molecular weight excluding hydrogens is 174 g/mol. The highest BCUT2D eigenvalue weighted by atomic mass is 16.7. The second-order valence-corrected chi connectivity index (χ2v) is 2.55. The second kappa shape index (κ2) is 5.31. The third kappa shape index (κ3) is 4.97. The Bertz CT molecular complexity index is 232. The predicted octanol–water partition coefficient (Wildman–Crippen LogP) is 0.427. The van der Waals surface area contributed by atoms with E-state index in [2.05, 4.69) is 4.84 Å². The van der Waals surface area contributed by atoms with Gasteiger partial charge in [0.1, 0.15) is 0 Å². The van der Waals surface area contributed by atoms with Crippen LogP contribution in [0.4, 0.5) is 0 Å². The minimum Gasteiger partial charge on any atom is -0.478 e. The summed E-state index contributed by atoms with van der Waals surface area (Å²) in [6.07, 6.45) is 1.19. The number of rotatable bonds is 4. The van der Waals surface area contributed by atoms with Crippen LogP contribution in [0, 0.1) is 0 Å². The number of hydroxylamine groups is 2. The van der Waals surface area contributed by atoms with Gasteiger partial charge in [-0.05, 0) is 6.42 Å². The van der Waals surface area contributed by atoms with Crippen molar-refractivity contribution < 1.29 is 19.5 Å². The maximum Gasteiger partial charge on any atom is 0.353 e. The second-order valence-electron chi connectivity index (χ2n) is 2.55. The molecule has 0 amide bonds. The number of carboxylic acid groups (broad SMARTS) is 1. The smallest absolute Gasteiger partial charge is 0.353 e. The highest BCUT2D eigenvalue weighted by Crippen LogP contribution is 2.03. The number of hydrogen-bond acceptors (Lipinski definition) is 4. The fraction of sp³-hybridized carbons (Fsp3) is 0.500. The molecular formula is C8H13NO4. The van der Waals surface area contributed by atoms with Crippen LogP contribution in [0.25, 0.3) is 0 Å². The van der Waals surface area contributed by atoms with E-state index in [9.17, 15) is 9.59 Å². The molecule has 0 fully saturated rings. The molecule has 0 unspecified atom stereocenters. The normalized spacial score (nSPS) is 11.5. The predicted molar refractivity (Wildman–Crippen MR) is 45.8 cm³/mol. The molecule has 0 rings (SSSR count). The van der Waals surface area contributed by atoms with Gasteiger partial charge in [-0.1, -0.05) is 6.92 Å². The molecule has 13 heavy (non-hydrogen) atoms. The van der Waals surface area contributed by atoms with Gasteiger partial charge in [0.25, 0.3) is 0 Å². The molecule has 0 saturated carbocycles. The van der Waals surface area contributed by atoms with Crippen molar-refractivity contribution in [2.45, 2.75) is 13.3 Å². The van der Waals surface area contributed by atoms with Crippen LogP contribution in [0.1, 0.15) is 13.3 Å². The van der Waals surface area contributed by atoms with E-state index in [0.717, 1.165) is 6.08 Å². The van der Waals surface area contributed by atoms with Gasteiger partial charge in [-0.15, -0.1) is 5.06 Å². The topological polar surface area (TPSA) is 66.8 Å². The SMILES string of the molecule is CC/C(=C\C(=O)O)C(=O)ON(C)C. The Hall–Kier alpha value is -1.36. The lowest BCUT2D eigenvalue weighted by Gasteiger charge is -2.10. The average molecular weight is 187 g/mol. The summed E-state index contributed by atoms with van der Waals surface area (Å²) in [6.45, 7) is 1.69. The molecule has 0 radical (unpaired) electrons. The largest absolute Gasteiger partial charge is 0.478 e. The molecule has 0 aromatic carbocycles. The number of carboxylic acids is 1. The fourth-order valence-corrected chi connectivity index (χ4v) is 0.679. The molecule has 74 valence electrons.